The van der Waals surface area contributed by atoms with Crippen LogP contribution in [0.1, 0.15) is 11.6 Å². The summed E-state index contributed by atoms with van der Waals surface area (Å²) in [5.74, 6) is -0.142. The largest absolute Gasteiger partial charge is 0.375 e. The van der Waals surface area contributed by atoms with Gasteiger partial charge in [-0.3, -0.25) is 9.59 Å². The first-order valence-electron chi connectivity index (χ1n) is 6.99. The number of nitrogens with zero attached hydrogens (tertiary/aromatic N) is 2. The molecule has 1 saturated heterocycles. The summed E-state index contributed by atoms with van der Waals surface area (Å²) in [6.45, 7) is 2.14. The van der Waals surface area contributed by atoms with Crippen LogP contribution in [0.3, 0.4) is 0 Å². The third-order valence-electron chi connectivity index (χ3n) is 3.64. The first-order chi connectivity index (χ1) is 10.1. The van der Waals surface area contributed by atoms with E-state index in [2.05, 4.69) is 0 Å². The van der Waals surface area contributed by atoms with Crippen LogP contribution < -0.4 is 5.73 Å². The van der Waals surface area contributed by atoms with E-state index in [0.29, 0.717) is 26.2 Å². The predicted octanol–water partition coefficient (Wildman–Crippen LogP) is 0.00360. The van der Waals surface area contributed by atoms with E-state index in [1.807, 2.05) is 30.3 Å². The van der Waals surface area contributed by atoms with Crippen molar-refractivity contribution in [2.45, 2.75) is 6.04 Å². The minimum atomic E-state index is -0.646. The van der Waals surface area contributed by atoms with Crippen LogP contribution in [-0.2, 0) is 14.3 Å². The average Bonchev–Trinajstić information content (AvgIpc) is 2.54. The lowest BCUT2D eigenvalue weighted by atomic mass is 10.1. The van der Waals surface area contributed by atoms with Gasteiger partial charge >= 0.3 is 0 Å². The van der Waals surface area contributed by atoms with Crippen molar-refractivity contribution >= 4 is 11.8 Å². The van der Waals surface area contributed by atoms with Crippen LogP contribution in [-0.4, -0.2) is 61.5 Å². The smallest absolute Gasteiger partial charge is 0.248 e. The third kappa shape index (κ3) is 3.80. The summed E-state index contributed by atoms with van der Waals surface area (Å²) >= 11 is 0. The van der Waals surface area contributed by atoms with Gasteiger partial charge in [-0.1, -0.05) is 30.3 Å². The van der Waals surface area contributed by atoms with Gasteiger partial charge in [-0.15, -0.1) is 0 Å². The number of carbonyl (C=O) groups excluding carboxylic acids is 2. The minimum Gasteiger partial charge on any atom is -0.375 e. The molecule has 0 saturated carbocycles. The van der Waals surface area contributed by atoms with Gasteiger partial charge in [0.25, 0.3) is 0 Å². The molecule has 1 aromatic rings. The number of hydrogen-bond acceptors (Lipinski definition) is 4. The summed E-state index contributed by atoms with van der Waals surface area (Å²) in [4.78, 5) is 27.5. The van der Waals surface area contributed by atoms with Crippen molar-refractivity contribution in [3.8, 4) is 0 Å². The molecule has 1 fully saturated rings. The molecule has 2 amide bonds. The molecule has 2 N–H and O–H groups in total. The number of methoxy groups -OCH3 is 1. The highest BCUT2D eigenvalue weighted by molar-refractivity contribution is 5.83. The zero-order valence-electron chi connectivity index (χ0n) is 12.2. The van der Waals surface area contributed by atoms with Crippen molar-refractivity contribution in [2.24, 2.45) is 5.73 Å². The summed E-state index contributed by atoms with van der Waals surface area (Å²) in [7, 11) is 1.50. The second kappa shape index (κ2) is 7.19. The Bertz CT molecular complexity index is 484. The molecule has 6 nitrogen and oxygen atoms in total. The van der Waals surface area contributed by atoms with Gasteiger partial charge in [0.05, 0.1) is 0 Å². The second-order valence-electron chi connectivity index (χ2n) is 5.03. The molecule has 1 aromatic carbocycles. The summed E-state index contributed by atoms with van der Waals surface area (Å²) in [6, 6.07) is 8.67. The van der Waals surface area contributed by atoms with Crippen molar-refractivity contribution < 1.29 is 14.3 Å². The van der Waals surface area contributed by atoms with Gasteiger partial charge in [-0.2, -0.15) is 0 Å². The van der Waals surface area contributed by atoms with E-state index < -0.39 is 6.04 Å². The Kier molecular flexibility index (Phi) is 5.30. The van der Waals surface area contributed by atoms with Gasteiger partial charge in [-0.05, 0) is 5.56 Å². The van der Waals surface area contributed by atoms with E-state index in [9.17, 15) is 9.59 Å². The van der Waals surface area contributed by atoms with Crippen LogP contribution in [0.5, 0.6) is 0 Å². The maximum absolute atomic E-state index is 12.4. The summed E-state index contributed by atoms with van der Waals surface area (Å²) < 4.78 is 4.84. The Morgan fingerprint density at radius 2 is 1.71 bits per heavy atom. The van der Waals surface area contributed by atoms with E-state index in [4.69, 9.17) is 10.5 Å². The fourth-order valence-electron chi connectivity index (χ4n) is 2.39. The molecule has 0 radical (unpaired) electrons. The molecular weight excluding hydrogens is 270 g/mol. The van der Waals surface area contributed by atoms with E-state index in [1.54, 1.807) is 9.80 Å². The fourth-order valence-corrected chi connectivity index (χ4v) is 2.39. The molecular formula is C15H21N3O3. The lowest BCUT2D eigenvalue weighted by molar-refractivity contribution is -0.142. The second-order valence-corrected chi connectivity index (χ2v) is 5.03. The topological polar surface area (TPSA) is 75.9 Å². The molecule has 114 valence electrons. The Morgan fingerprint density at radius 3 is 2.29 bits per heavy atom. The van der Waals surface area contributed by atoms with Gasteiger partial charge < -0.3 is 20.3 Å². The van der Waals surface area contributed by atoms with Gasteiger partial charge in [0, 0.05) is 33.3 Å². The Morgan fingerprint density at radius 1 is 1.14 bits per heavy atom. The van der Waals surface area contributed by atoms with Gasteiger partial charge in [0.15, 0.2) is 0 Å². The number of nitrogens with two attached hydrogens (primary N) is 1. The van der Waals surface area contributed by atoms with E-state index in [-0.39, 0.29) is 18.4 Å². The average molecular weight is 291 g/mol. The highest BCUT2D eigenvalue weighted by Gasteiger charge is 2.27. The van der Waals surface area contributed by atoms with E-state index in [1.165, 1.54) is 7.11 Å². The minimum absolute atomic E-state index is 0.0445. The lowest BCUT2D eigenvalue weighted by Gasteiger charge is -2.35. The fraction of sp³-hybridized carbons (Fsp3) is 0.467. The lowest BCUT2D eigenvalue weighted by Crippen LogP contribution is -2.53. The molecule has 0 spiro atoms. The van der Waals surface area contributed by atoms with Crippen molar-refractivity contribution in [3.05, 3.63) is 35.9 Å². The molecule has 0 aromatic heterocycles. The number of piperazine rings is 1. The SMILES string of the molecule is COCC(=O)N1CCN(C(=O)[C@H](N)c2ccccc2)CC1. The van der Waals surface area contributed by atoms with Crippen molar-refractivity contribution in [2.75, 3.05) is 39.9 Å². The molecule has 21 heavy (non-hydrogen) atoms. The number of amides is 2. The predicted molar refractivity (Wildman–Crippen MR) is 78.4 cm³/mol. The summed E-state index contributed by atoms with van der Waals surface area (Å²) in [6.07, 6.45) is 0. The van der Waals surface area contributed by atoms with Crippen LogP contribution in [0, 0.1) is 0 Å². The number of hydrogen-bond donors (Lipinski definition) is 1. The standard InChI is InChI=1S/C15H21N3O3/c1-21-11-13(19)17-7-9-18(10-8-17)15(20)14(16)12-5-3-2-4-6-12/h2-6,14H,7-11,16H2,1H3/t14-/m1/s1. The number of carbonyl (C=O) groups is 2. The maximum Gasteiger partial charge on any atom is 0.248 e. The highest BCUT2D eigenvalue weighted by Crippen LogP contribution is 2.14. The third-order valence-corrected chi connectivity index (χ3v) is 3.64. The van der Waals surface area contributed by atoms with Crippen LogP contribution in [0.25, 0.3) is 0 Å². The van der Waals surface area contributed by atoms with Gasteiger partial charge in [0.1, 0.15) is 12.6 Å². The number of benzene rings is 1. The molecule has 1 aliphatic heterocycles. The monoisotopic (exact) mass is 291 g/mol. The molecule has 1 atom stereocenters. The van der Waals surface area contributed by atoms with Crippen LogP contribution in [0.2, 0.25) is 0 Å². The quantitative estimate of drug-likeness (QED) is 0.847. The van der Waals surface area contributed by atoms with Gasteiger partial charge in [0.2, 0.25) is 11.8 Å². The van der Waals surface area contributed by atoms with Crippen LogP contribution >= 0.6 is 0 Å². The molecule has 1 aliphatic rings. The van der Waals surface area contributed by atoms with E-state index in [0.717, 1.165) is 5.56 Å². The molecule has 0 aliphatic carbocycles. The maximum atomic E-state index is 12.4. The first-order valence-corrected chi connectivity index (χ1v) is 6.99. The Balaban J connectivity index is 1.90. The highest BCUT2D eigenvalue weighted by atomic mass is 16.5. The Hall–Kier alpha value is -1.92. The normalized spacial score (nSPS) is 16.7. The molecule has 1 heterocycles. The van der Waals surface area contributed by atoms with Crippen LogP contribution in [0.4, 0.5) is 0 Å². The number of ether oxygens (including phenoxy) is 1. The van der Waals surface area contributed by atoms with Crippen LogP contribution in [0.15, 0.2) is 30.3 Å². The zero-order valence-corrected chi connectivity index (χ0v) is 12.2. The van der Waals surface area contributed by atoms with E-state index >= 15 is 0 Å². The zero-order chi connectivity index (χ0) is 15.2. The molecule has 0 unspecified atom stereocenters. The van der Waals surface area contributed by atoms with Gasteiger partial charge in [-0.25, -0.2) is 0 Å². The summed E-state index contributed by atoms with van der Waals surface area (Å²) in [5.41, 5.74) is 6.83. The van der Waals surface area contributed by atoms with Crippen molar-refractivity contribution in [1.29, 1.82) is 0 Å². The summed E-state index contributed by atoms with van der Waals surface area (Å²) in [5, 5.41) is 0. The molecule has 6 heteroatoms. The molecule has 0 bridgehead atoms. The molecule has 2 rings (SSSR count). The van der Waals surface area contributed by atoms with Crippen molar-refractivity contribution in [3.63, 3.8) is 0 Å². The Labute approximate surface area is 124 Å². The first kappa shape index (κ1) is 15.5. The number of rotatable bonds is 4. The van der Waals surface area contributed by atoms with Crippen molar-refractivity contribution in [1.82, 2.24) is 9.80 Å².